The molecule has 154 valence electrons. The van der Waals surface area contributed by atoms with E-state index in [9.17, 15) is 19.5 Å². The molecule has 1 atom stereocenters. The molecule has 1 aliphatic rings. The Labute approximate surface area is 179 Å². The molecular weight excluding hydrogens is 426 g/mol. The summed E-state index contributed by atoms with van der Waals surface area (Å²) in [4.78, 5) is 48.8. The fraction of sp³-hybridized carbons (Fsp3) is 0.250. The second-order valence-electron chi connectivity index (χ2n) is 6.80. The summed E-state index contributed by atoms with van der Waals surface area (Å²) in [7, 11) is 0. The van der Waals surface area contributed by atoms with Crippen molar-refractivity contribution in [1.29, 1.82) is 0 Å². The van der Waals surface area contributed by atoms with E-state index in [1.165, 1.54) is 29.4 Å². The predicted octanol–water partition coefficient (Wildman–Crippen LogP) is 4.10. The van der Waals surface area contributed by atoms with Crippen molar-refractivity contribution in [2.45, 2.75) is 33.7 Å². The zero-order chi connectivity index (χ0) is 21.7. The average Bonchev–Trinajstić information content (AvgIpc) is 3.43. The zero-order valence-electron chi connectivity index (χ0n) is 16.5. The molecule has 0 bridgehead atoms. The smallest absolute Gasteiger partial charge is 0.296 e. The average molecular weight is 444 g/mol. The fourth-order valence-corrected chi connectivity index (χ4v) is 5.29. The van der Waals surface area contributed by atoms with E-state index < -0.39 is 23.5 Å². The van der Waals surface area contributed by atoms with Gasteiger partial charge in [0.05, 0.1) is 38.0 Å². The Kier molecular flexibility index (Phi) is 4.91. The fourth-order valence-electron chi connectivity index (χ4n) is 3.43. The van der Waals surface area contributed by atoms with Gasteiger partial charge in [-0.3, -0.25) is 19.3 Å². The number of hydrogen-bond donors (Lipinski definition) is 1. The highest BCUT2D eigenvalue weighted by atomic mass is 32.1. The highest BCUT2D eigenvalue weighted by Crippen LogP contribution is 2.44. The van der Waals surface area contributed by atoms with E-state index in [2.05, 4.69) is 9.97 Å². The van der Waals surface area contributed by atoms with Crippen molar-refractivity contribution < 1.29 is 23.9 Å². The lowest BCUT2D eigenvalue weighted by Crippen LogP contribution is -2.30. The lowest BCUT2D eigenvalue weighted by Gasteiger charge is -2.22. The minimum Gasteiger partial charge on any atom is -0.503 e. The summed E-state index contributed by atoms with van der Waals surface area (Å²) in [5.41, 5.74) is 0.900. The van der Waals surface area contributed by atoms with Crippen LogP contribution in [0.5, 0.6) is 0 Å². The molecule has 0 saturated heterocycles. The van der Waals surface area contributed by atoms with Crippen LogP contribution in [-0.2, 0) is 4.79 Å². The number of carbonyl (C=O) groups excluding carboxylic acids is 3. The summed E-state index contributed by atoms with van der Waals surface area (Å²) in [6.07, 6.45) is 1.42. The number of hydrogen-bond acceptors (Lipinski definition) is 9. The number of carbonyl (C=O) groups is 3. The molecule has 4 rings (SSSR count). The van der Waals surface area contributed by atoms with Crippen LogP contribution in [0.25, 0.3) is 0 Å². The normalized spacial score (nSPS) is 16.6. The second kappa shape index (κ2) is 7.29. The summed E-state index contributed by atoms with van der Waals surface area (Å²) in [6.45, 7) is 6.57. The number of aromatic nitrogens is 2. The van der Waals surface area contributed by atoms with Crippen LogP contribution < -0.4 is 4.90 Å². The van der Waals surface area contributed by atoms with E-state index in [-0.39, 0.29) is 16.5 Å². The zero-order valence-corrected chi connectivity index (χ0v) is 18.2. The number of aliphatic hydroxyl groups excluding tert-OH is 1. The Bertz CT molecular complexity index is 1220. The summed E-state index contributed by atoms with van der Waals surface area (Å²) in [6, 6.07) is 2.24. The standard InChI is InChI=1S/C20H17N3O5S2/c1-8-17(10(3)24)30-20(22-8)23-14(12-6-5-7-28-12)13(16(26)19(23)27)15(25)18-9(2)21-11(4)29-18/h5-7,14,26H,1-4H3. The van der Waals surface area contributed by atoms with Crippen molar-refractivity contribution in [2.75, 3.05) is 4.90 Å². The molecule has 0 fully saturated rings. The number of Topliss-reactive ketones (excluding diaryl/α,β-unsaturated/α-hetero) is 2. The maximum absolute atomic E-state index is 13.4. The summed E-state index contributed by atoms with van der Waals surface area (Å²) in [5, 5.41) is 11.6. The van der Waals surface area contributed by atoms with E-state index in [0.29, 0.717) is 31.9 Å². The first kappa shape index (κ1) is 20.2. The topological polar surface area (TPSA) is 114 Å². The Morgan fingerprint density at radius 2 is 1.83 bits per heavy atom. The molecule has 0 spiro atoms. The summed E-state index contributed by atoms with van der Waals surface area (Å²) < 4.78 is 5.51. The lowest BCUT2D eigenvalue weighted by molar-refractivity contribution is -0.117. The minimum absolute atomic E-state index is 0.0982. The SMILES string of the molecule is CC(=O)c1sc(N2C(=O)C(O)=C(C(=O)c3sc(C)nc3C)C2c2ccco2)nc1C. The molecule has 8 nitrogen and oxygen atoms in total. The highest BCUT2D eigenvalue weighted by Gasteiger charge is 2.48. The van der Waals surface area contributed by atoms with Gasteiger partial charge in [-0.05, 0) is 32.9 Å². The quantitative estimate of drug-likeness (QED) is 0.591. The van der Waals surface area contributed by atoms with Crippen LogP contribution >= 0.6 is 22.7 Å². The van der Waals surface area contributed by atoms with Gasteiger partial charge in [-0.2, -0.15) is 0 Å². The van der Waals surface area contributed by atoms with E-state index in [1.54, 1.807) is 32.9 Å². The second-order valence-corrected chi connectivity index (χ2v) is 8.98. The van der Waals surface area contributed by atoms with Crippen molar-refractivity contribution in [3.63, 3.8) is 0 Å². The van der Waals surface area contributed by atoms with Gasteiger partial charge in [-0.25, -0.2) is 9.97 Å². The van der Waals surface area contributed by atoms with Gasteiger partial charge >= 0.3 is 0 Å². The molecule has 1 amide bonds. The van der Waals surface area contributed by atoms with E-state index in [1.807, 2.05) is 0 Å². The van der Waals surface area contributed by atoms with Crippen LogP contribution in [0.2, 0.25) is 0 Å². The molecule has 0 aromatic carbocycles. The highest BCUT2D eigenvalue weighted by molar-refractivity contribution is 7.17. The number of aryl methyl sites for hydroxylation is 3. The van der Waals surface area contributed by atoms with Crippen molar-refractivity contribution >= 4 is 45.3 Å². The number of anilines is 1. The van der Waals surface area contributed by atoms with Gasteiger partial charge in [-0.15, -0.1) is 11.3 Å². The molecule has 3 aromatic rings. The van der Waals surface area contributed by atoms with Crippen LogP contribution in [0.3, 0.4) is 0 Å². The molecule has 3 aromatic heterocycles. The van der Waals surface area contributed by atoms with Crippen LogP contribution in [-0.4, -0.2) is 32.5 Å². The number of aliphatic hydroxyl groups is 1. The molecule has 10 heteroatoms. The number of rotatable bonds is 5. The molecule has 0 saturated carbocycles. The first-order valence-corrected chi connectivity index (χ1v) is 10.6. The molecule has 30 heavy (non-hydrogen) atoms. The first-order valence-electron chi connectivity index (χ1n) is 8.97. The molecule has 1 unspecified atom stereocenters. The molecule has 1 N–H and O–H groups in total. The summed E-state index contributed by atoms with van der Waals surface area (Å²) >= 11 is 2.23. The number of nitrogens with zero attached hydrogens (tertiary/aromatic N) is 3. The third-order valence-corrected chi connectivity index (χ3v) is 7.02. The number of amides is 1. The summed E-state index contributed by atoms with van der Waals surface area (Å²) in [5.74, 6) is -1.81. The van der Waals surface area contributed by atoms with Gasteiger partial charge in [0.15, 0.2) is 16.7 Å². The Hall–Kier alpha value is -3.11. The number of thiazole rings is 2. The molecule has 0 aliphatic carbocycles. The van der Waals surface area contributed by atoms with E-state index in [0.717, 1.165) is 11.3 Å². The number of furan rings is 1. The monoisotopic (exact) mass is 443 g/mol. The van der Waals surface area contributed by atoms with Crippen LogP contribution in [0, 0.1) is 20.8 Å². The Morgan fingerprint density at radius 1 is 1.13 bits per heavy atom. The van der Waals surface area contributed by atoms with Crippen LogP contribution in [0.1, 0.15) is 54.5 Å². The number of ketones is 2. The van der Waals surface area contributed by atoms with Crippen LogP contribution in [0.4, 0.5) is 5.13 Å². The van der Waals surface area contributed by atoms with Crippen molar-refractivity contribution in [3.8, 4) is 0 Å². The van der Waals surface area contributed by atoms with Crippen molar-refractivity contribution in [3.05, 3.63) is 61.6 Å². The van der Waals surface area contributed by atoms with Gasteiger partial charge in [-0.1, -0.05) is 11.3 Å². The van der Waals surface area contributed by atoms with Crippen LogP contribution in [0.15, 0.2) is 34.1 Å². The largest absolute Gasteiger partial charge is 0.503 e. The molecule has 1 aliphatic heterocycles. The van der Waals surface area contributed by atoms with Gasteiger partial charge < -0.3 is 9.52 Å². The molecule has 4 heterocycles. The van der Waals surface area contributed by atoms with Gasteiger partial charge in [0.1, 0.15) is 11.8 Å². The third-order valence-electron chi connectivity index (χ3n) is 4.69. The van der Waals surface area contributed by atoms with Crippen molar-refractivity contribution in [2.24, 2.45) is 0 Å². The third kappa shape index (κ3) is 3.08. The minimum atomic E-state index is -1.01. The first-order chi connectivity index (χ1) is 14.2. The maximum atomic E-state index is 13.4. The molecule has 0 radical (unpaired) electrons. The van der Waals surface area contributed by atoms with Gasteiger partial charge in [0.2, 0.25) is 5.78 Å². The van der Waals surface area contributed by atoms with Crippen molar-refractivity contribution in [1.82, 2.24) is 9.97 Å². The van der Waals surface area contributed by atoms with E-state index >= 15 is 0 Å². The van der Waals surface area contributed by atoms with E-state index in [4.69, 9.17) is 4.42 Å². The molecular formula is C20H17N3O5S2. The Balaban J connectivity index is 1.87. The lowest BCUT2D eigenvalue weighted by atomic mass is 10.00. The van der Waals surface area contributed by atoms with Gasteiger partial charge in [0.25, 0.3) is 5.91 Å². The van der Waals surface area contributed by atoms with Gasteiger partial charge in [0, 0.05) is 6.92 Å². The predicted molar refractivity (Wildman–Crippen MR) is 111 cm³/mol. The maximum Gasteiger partial charge on any atom is 0.296 e. The Morgan fingerprint density at radius 3 is 2.37 bits per heavy atom.